The molecule has 0 aromatic heterocycles. The third-order valence-electron chi connectivity index (χ3n) is 5.68. The molecule has 1 aliphatic heterocycles. The molecular weight excluding hydrogens is 400 g/mol. The molecule has 0 saturated carbocycles. The molecule has 30 heavy (non-hydrogen) atoms. The van der Waals surface area contributed by atoms with E-state index in [2.05, 4.69) is 6.92 Å². The third-order valence-corrected chi connectivity index (χ3v) is 7.62. The topological polar surface area (TPSA) is 66.9 Å². The lowest BCUT2D eigenvalue weighted by Crippen LogP contribution is -2.37. The van der Waals surface area contributed by atoms with E-state index in [0.717, 1.165) is 31.5 Å². The predicted molar refractivity (Wildman–Crippen MR) is 117 cm³/mol. The zero-order valence-electron chi connectivity index (χ0n) is 17.9. The number of hydrogen-bond acceptors (Lipinski definition) is 4. The molecule has 0 radical (unpaired) electrons. The van der Waals surface area contributed by atoms with Crippen LogP contribution in [0.25, 0.3) is 0 Å². The Morgan fingerprint density at radius 3 is 2.20 bits per heavy atom. The van der Waals surface area contributed by atoms with Gasteiger partial charge in [0.15, 0.2) is 0 Å². The van der Waals surface area contributed by atoms with Gasteiger partial charge in [-0.2, -0.15) is 4.31 Å². The minimum absolute atomic E-state index is 0.0478. The van der Waals surface area contributed by atoms with Gasteiger partial charge in [0.2, 0.25) is 10.0 Å². The summed E-state index contributed by atoms with van der Waals surface area (Å²) in [6, 6.07) is 13.7. The number of methoxy groups -OCH3 is 1. The summed E-state index contributed by atoms with van der Waals surface area (Å²) in [5.41, 5.74) is 1.49. The fourth-order valence-corrected chi connectivity index (χ4v) is 5.05. The van der Waals surface area contributed by atoms with Crippen molar-refractivity contribution in [2.75, 3.05) is 26.7 Å². The molecule has 1 heterocycles. The van der Waals surface area contributed by atoms with Crippen LogP contribution in [0.15, 0.2) is 53.4 Å². The Morgan fingerprint density at radius 2 is 1.67 bits per heavy atom. The second-order valence-corrected chi connectivity index (χ2v) is 9.72. The van der Waals surface area contributed by atoms with Crippen LogP contribution in [0.4, 0.5) is 0 Å². The average Bonchev–Trinajstić information content (AvgIpc) is 2.77. The first-order valence-electron chi connectivity index (χ1n) is 10.4. The number of benzene rings is 2. The first kappa shape index (κ1) is 22.3. The highest BCUT2D eigenvalue weighted by Crippen LogP contribution is 2.22. The molecule has 6 nitrogen and oxygen atoms in total. The monoisotopic (exact) mass is 430 g/mol. The number of ether oxygens (including phenoxy) is 1. The highest BCUT2D eigenvalue weighted by molar-refractivity contribution is 7.89. The van der Waals surface area contributed by atoms with Crippen LogP contribution < -0.4 is 4.74 Å². The molecule has 1 aliphatic rings. The van der Waals surface area contributed by atoms with Crippen LogP contribution in [-0.2, 0) is 16.6 Å². The molecule has 1 fully saturated rings. The molecule has 1 saturated heterocycles. The standard InChI is InChI=1S/C23H30N2O4S/c1-4-25(30(27,28)22-11-9-21(29-3)10-12-22)17-19-5-7-20(8-6-19)23(26)24-15-13-18(2)14-16-24/h5-12,18H,4,13-17H2,1-3H3. The largest absolute Gasteiger partial charge is 0.497 e. The van der Waals surface area contributed by atoms with Gasteiger partial charge >= 0.3 is 0 Å². The zero-order valence-corrected chi connectivity index (χ0v) is 18.7. The van der Waals surface area contributed by atoms with Gasteiger partial charge in [-0.15, -0.1) is 0 Å². The van der Waals surface area contributed by atoms with E-state index in [4.69, 9.17) is 4.74 Å². The summed E-state index contributed by atoms with van der Waals surface area (Å²) in [7, 11) is -2.08. The summed E-state index contributed by atoms with van der Waals surface area (Å²) in [6.07, 6.45) is 2.08. The van der Waals surface area contributed by atoms with E-state index in [1.165, 1.54) is 4.31 Å². The minimum Gasteiger partial charge on any atom is -0.497 e. The Morgan fingerprint density at radius 1 is 1.07 bits per heavy atom. The summed E-state index contributed by atoms with van der Waals surface area (Å²) in [6.45, 7) is 6.23. The van der Waals surface area contributed by atoms with Crippen molar-refractivity contribution in [1.82, 2.24) is 9.21 Å². The van der Waals surface area contributed by atoms with Gasteiger partial charge in [0.05, 0.1) is 12.0 Å². The summed E-state index contributed by atoms with van der Waals surface area (Å²) in [4.78, 5) is 14.8. The van der Waals surface area contributed by atoms with Crippen molar-refractivity contribution in [1.29, 1.82) is 0 Å². The van der Waals surface area contributed by atoms with Crippen molar-refractivity contribution < 1.29 is 17.9 Å². The van der Waals surface area contributed by atoms with E-state index in [-0.39, 0.29) is 17.3 Å². The second kappa shape index (κ2) is 9.62. The predicted octanol–water partition coefficient (Wildman–Crippen LogP) is 3.78. The average molecular weight is 431 g/mol. The molecule has 0 N–H and O–H groups in total. The number of likely N-dealkylation sites (tertiary alicyclic amines) is 1. The van der Waals surface area contributed by atoms with Gasteiger partial charge in [-0.25, -0.2) is 8.42 Å². The van der Waals surface area contributed by atoms with E-state index >= 15 is 0 Å². The lowest BCUT2D eigenvalue weighted by atomic mass is 9.98. The molecule has 0 unspecified atom stereocenters. The Kier molecular flexibility index (Phi) is 7.15. The maximum Gasteiger partial charge on any atom is 0.253 e. The van der Waals surface area contributed by atoms with Crippen LogP contribution in [0.2, 0.25) is 0 Å². The van der Waals surface area contributed by atoms with E-state index in [9.17, 15) is 13.2 Å². The number of piperidine rings is 1. The van der Waals surface area contributed by atoms with E-state index < -0.39 is 10.0 Å². The number of rotatable bonds is 7. The molecule has 3 rings (SSSR count). The van der Waals surface area contributed by atoms with Gasteiger partial charge in [-0.1, -0.05) is 26.0 Å². The van der Waals surface area contributed by atoms with Crippen LogP contribution in [-0.4, -0.2) is 50.3 Å². The third kappa shape index (κ3) is 5.02. The van der Waals surface area contributed by atoms with E-state index in [1.54, 1.807) is 43.5 Å². The number of sulfonamides is 1. The van der Waals surface area contributed by atoms with Crippen molar-refractivity contribution in [3.63, 3.8) is 0 Å². The maximum atomic E-state index is 13.0. The van der Waals surface area contributed by atoms with E-state index in [0.29, 0.717) is 23.8 Å². The molecule has 0 bridgehead atoms. The van der Waals surface area contributed by atoms with Crippen molar-refractivity contribution in [3.8, 4) is 5.75 Å². The zero-order chi connectivity index (χ0) is 21.7. The number of carbonyl (C=O) groups is 1. The molecule has 0 atom stereocenters. The molecule has 7 heteroatoms. The van der Waals surface area contributed by atoms with E-state index in [1.807, 2.05) is 24.0 Å². The van der Waals surface area contributed by atoms with Crippen LogP contribution in [0.1, 0.15) is 42.6 Å². The Labute approximate surface area is 179 Å². The van der Waals surface area contributed by atoms with Crippen LogP contribution >= 0.6 is 0 Å². The quantitative estimate of drug-likeness (QED) is 0.671. The van der Waals surface area contributed by atoms with Gasteiger partial charge in [0.1, 0.15) is 5.75 Å². The van der Waals surface area contributed by atoms with Crippen LogP contribution in [0.5, 0.6) is 5.75 Å². The van der Waals surface area contributed by atoms with Gasteiger partial charge in [-0.3, -0.25) is 4.79 Å². The SMILES string of the molecule is CCN(Cc1ccc(C(=O)N2CCC(C)CC2)cc1)S(=O)(=O)c1ccc(OC)cc1. The highest BCUT2D eigenvalue weighted by Gasteiger charge is 2.24. The van der Waals surface area contributed by atoms with Crippen molar-refractivity contribution in [3.05, 3.63) is 59.7 Å². The van der Waals surface area contributed by atoms with Crippen LogP contribution in [0.3, 0.4) is 0 Å². The van der Waals surface area contributed by atoms with Crippen LogP contribution in [0, 0.1) is 5.92 Å². The second-order valence-electron chi connectivity index (χ2n) is 7.78. The molecule has 2 aromatic rings. The molecular formula is C23H30N2O4S. The smallest absolute Gasteiger partial charge is 0.253 e. The summed E-state index contributed by atoms with van der Waals surface area (Å²) < 4.78 is 32.5. The highest BCUT2D eigenvalue weighted by atomic mass is 32.2. The molecule has 1 amide bonds. The van der Waals surface area contributed by atoms with Gasteiger partial charge in [0.25, 0.3) is 5.91 Å². The normalized spacial score (nSPS) is 15.4. The number of carbonyl (C=O) groups excluding carboxylic acids is 1. The summed E-state index contributed by atoms with van der Waals surface area (Å²) >= 11 is 0. The van der Waals surface area contributed by atoms with Crippen molar-refractivity contribution in [2.45, 2.75) is 38.1 Å². The van der Waals surface area contributed by atoms with Gasteiger partial charge in [0, 0.05) is 31.7 Å². The summed E-state index contributed by atoms with van der Waals surface area (Å²) in [5.74, 6) is 1.33. The Bertz CT molecular complexity index is 948. The number of amides is 1. The Balaban J connectivity index is 1.70. The molecule has 2 aromatic carbocycles. The lowest BCUT2D eigenvalue weighted by Gasteiger charge is -2.30. The lowest BCUT2D eigenvalue weighted by molar-refractivity contribution is 0.0697. The van der Waals surface area contributed by atoms with Gasteiger partial charge in [-0.05, 0) is 60.7 Å². The fraction of sp³-hybridized carbons (Fsp3) is 0.435. The van der Waals surface area contributed by atoms with Gasteiger partial charge < -0.3 is 9.64 Å². The minimum atomic E-state index is -3.62. The fourth-order valence-electron chi connectivity index (χ4n) is 3.61. The first-order valence-corrected chi connectivity index (χ1v) is 11.8. The van der Waals surface area contributed by atoms with Crippen molar-refractivity contribution >= 4 is 15.9 Å². The molecule has 162 valence electrons. The first-order chi connectivity index (χ1) is 14.3. The number of nitrogens with zero attached hydrogens (tertiary/aromatic N) is 2. The molecule has 0 aliphatic carbocycles. The maximum absolute atomic E-state index is 13.0. The molecule has 0 spiro atoms. The van der Waals surface area contributed by atoms with Crippen molar-refractivity contribution in [2.24, 2.45) is 5.92 Å². The Hall–Kier alpha value is -2.38. The summed E-state index contributed by atoms with van der Waals surface area (Å²) in [5, 5.41) is 0. The number of hydrogen-bond donors (Lipinski definition) is 0.